The maximum atomic E-state index is 5.40. The van der Waals surface area contributed by atoms with E-state index in [0.717, 1.165) is 17.9 Å². The lowest BCUT2D eigenvalue weighted by Gasteiger charge is -2.11. The van der Waals surface area contributed by atoms with Gasteiger partial charge in [-0.2, -0.15) is 0 Å². The average Bonchev–Trinajstić information content (AvgIpc) is 2.53. The van der Waals surface area contributed by atoms with Crippen LogP contribution in [0.1, 0.15) is 25.0 Å². The van der Waals surface area contributed by atoms with Crippen molar-refractivity contribution >= 4 is 5.57 Å². The van der Waals surface area contributed by atoms with Gasteiger partial charge in [0.2, 0.25) is 0 Å². The van der Waals surface area contributed by atoms with Crippen LogP contribution in [0.4, 0.5) is 0 Å². The molecule has 0 fully saturated rings. The molecule has 2 nitrogen and oxygen atoms in total. The molecule has 0 radical (unpaired) electrons. The summed E-state index contributed by atoms with van der Waals surface area (Å²) in [6, 6.07) is 4.04. The number of hydrogen-bond donors (Lipinski definition) is 0. The number of ether oxygens (including phenoxy) is 2. The Bertz CT molecular complexity index is 430. The van der Waals surface area contributed by atoms with Gasteiger partial charge in [0, 0.05) is 11.6 Å². The second-order valence-corrected chi connectivity index (χ2v) is 3.95. The van der Waals surface area contributed by atoms with Crippen molar-refractivity contribution in [2.45, 2.75) is 20.3 Å². The normalized spacial score (nSPS) is 14.1. The van der Waals surface area contributed by atoms with E-state index in [1.54, 1.807) is 14.2 Å². The summed E-state index contributed by atoms with van der Waals surface area (Å²) < 4.78 is 10.7. The van der Waals surface area contributed by atoms with Gasteiger partial charge in [0.1, 0.15) is 11.5 Å². The Morgan fingerprint density at radius 2 is 1.80 bits per heavy atom. The highest BCUT2D eigenvalue weighted by Gasteiger charge is 2.20. The molecule has 0 amide bonds. The summed E-state index contributed by atoms with van der Waals surface area (Å²) in [6.07, 6.45) is 1.01. The summed E-state index contributed by atoms with van der Waals surface area (Å²) in [5, 5.41) is 0. The molecule has 0 bridgehead atoms. The van der Waals surface area contributed by atoms with Crippen LogP contribution in [0.5, 0.6) is 11.5 Å². The van der Waals surface area contributed by atoms with E-state index >= 15 is 0 Å². The SMILES string of the molecule is COc1cc2c(c(OC)c1)C(C)=C(C)C2. The molecule has 0 spiro atoms. The maximum absolute atomic E-state index is 5.40. The van der Waals surface area contributed by atoms with Crippen molar-refractivity contribution in [3.63, 3.8) is 0 Å². The molecule has 0 atom stereocenters. The lowest BCUT2D eigenvalue weighted by molar-refractivity contribution is 0.393. The van der Waals surface area contributed by atoms with E-state index in [9.17, 15) is 0 Å². The molecule has 80 valence electrons. The topological polar surface area (TPSA) is 18.5 Å². The summed E-state index contributed by atoms with van der Waals surface area (Å²) in [4.78, 5) is 0. The minimum atomic E-state index is 0.869. The van der Waals surface area contributed by atoms with Gasteiger partial charge in [-0.1, -0.05) is 5.57 Å². The van der Waals surface area contributed by atoms with Crippen molar-refractivity contribution in [1.29, 1.82) is 0 Å². The quantitative estimate of drug-likeness (QED) is 0.737. The fourth-order valence-electron chi connectivity index (χ4n) is 2.12. The van der Waals surface area contributed by atoms with Gasteiger partial charge in [-0.3, -0.25) is 0 Å². The molecule has 1 aliphatic carbocycles. The van der Waals surface area contributed by atoms with E-state index in [1.807, 2.05) is 6.07 Å². The minimum absolute atomic E-state index is 0.869. The van der Waals surface area contributed by atoms with Crippen LogP contribution in [0.2, 0.25) is 0 Å². The van der Waals surface area contributed by atoms with E-state index in [2.05, 4.69) is 19.9 Å². The molecule has 1 aromatic carbocycles. The van der Waals surface area contributed by atoms with Gasteiger partial charge in [0.15, 0.2) is 0 Å². The molecule has 15 heavy (non-hydrogen) atoms. The zero-order valence-electron chi connectivity index (χ0n) is 9.68. The zero-order valence-corrected chi connectivity index (χ0v) is 9.68. The Morgan fingerprint density at radius 3 is 2.40 bits per heavy atom. The largest absolute Gasteiger partial charge is 0.497 e. The lowest BCUT2D eigenvalue weighted by Crippen LogP contribution is -1.93. The third-order valence-electron chi connectivity index (χ3n) is 3.08. The number of benzene rings is 1. The van der Waals surface area contributed by atoms with Gasteiger partial charge in [0.05, 0.1) is 14.2 Å². The maximum Gasteiger partial charge on any atom is 0.130 e. The van der Waals surface area contributed by atoms with Crippen LogP contribution >= 0.6 is 0 Å². The fraction of sp³-hybridized carbons (Fsp3) is 0.385. The van der Waals surface area contributed by atoms with Crippen LogP contribution in [0, 0.1) is 0 Å². The van der Waals surface area contributed by atoms with E-state index in [1.165, 1.54) is 22.3 Å². The molecular formula is C13H16O2. The van der Waals surface area contributed by atoms with Crippen molar-refractivity contribution in [1.82, 2.24) is 0 Å². The monoisotopic (exact) mass is 204 g/mol. The second kappa shape index (κ2) is 3.61. The highest BCUT2D eigenvalue weighted by molar-refractivity contribution is 5.79. The van der Waals surface area contributed by atoms with Crippen LogP contribution < -0.4 is 9.47 Å². The van der Waals surface area contributed by atoms with Crippen LogP contribution in [0.15, 0.2) is 17.7 Å². The molecule has 1 aliphatic rings. The summed E-state index contributed by atoms with van der Waals surface area (Å²) in [7, 11) is 3.39. The van der Waals surface area contributed by atoms with Crippen molar-refractivity contribution in [3.8, 4) is 11.5 Å². The fourth-order valence-corrected chi connectivity index (χ4v) is 2.12. The Morgan fingerprint density at radius 1 is 1.07 bits per heavy atom. The Balaban J connectivity index is 2.60. The van der Waals surface area contributed by atoms with Gasteiger partial charge in [0.25, 0.3) is 0 Å². The molecule has 0 unspecified atom stereocenters. The highest BCUT2D eigenvalue weighted by Crippen LogP contribution is 2.41. The summed E-state index contributed by atoms with van der Waals surface area (Å²) in [5.74, 6) is 1.78. The highest BCUT2D eigenvalue weighted by atomic mass is 16.5. The van der Waals surface area contributed by atoms with E-state index in [0.29, 0.717) is 0 Å². The second-order valence-electron chi connectivity index (χ2n) is 3.95. The van der Waals surface area contributed by atoms with Crippen LogP contribution in [-0.2, 0) is 6.42 Å². The third-order valence-corrected chi connectivity index (χ3v) is 3.08. The summed E-state index contributed by atoms with van der Waals surface area (Å²) in [6.45, 7) is 4.32. The number of hydrogen-bond acceptors (Lipinski definition) is 2. The molecule has 2 rings (SSSR count). The smallest absolute Gasteiger partial charge is 0.130 e. The number of rotatable bonds is 2. The molecule has 1 aromatic rings. The predicted molar refractivity (Wildman–Crippen MR) is 61.5 cm³/mol. The molecule has 0 aromatic heterocycles. The number of fused-ring (bicyclic) bond motifs is 1. The van der Waals surface area contributed by atoms with E-state index in [4.69, 9.17) is 9.47 Å². The molecule has 0 N–H and O–H groups in total. The molecule has 2 heteroatoms. The molecule has 0 aliphatic heterocycles. The van der Waals surface area contributed by atoms with Gasteiger partial charge in [-0.05, 0) is 37.5 Å². The first kappa shape index (κ1) is 10.1. The minimum Gasteiger partial charge on any atom is -0.497 e. The van der Waals surface area contributed by atoms with Gasteiger partial charge >= 0.3 is 0 Å². The van der Waals surface area contributed by atoms with Gasteiger partial charge in [-0.25, -0.2) is 0 Å². The summed E-state index contributed by atoms with van der Waals surface area (Å²) >= 11 is 0. The van der Waals surface area contributed by atoms with Crippen molar-refractivity contribution < 1.29 is 9.47 Å². The van der Waals surface area contributed by atoms with Gasteiger partial charge in [-0.15, -0.1) is 0 Å². The first-order valence-electron chi connectivity index (χ1n) is 5.09. The first-order valence-corrected chi connectivity index (χ1v) is 5.09. The zero-order chi connectivity index (χ0) is 11.0. The van der Waals surface area contributed by atoms with Gasteiger partial charge < -0.3 is 9.47 Å². The van der Waals surface area contributed by atoms with E-state index < -0.39 is 0 Å². The van der Waals surface area contributed by atoms with Crippen LogP contribution in [-0.4, -0.2) is 14.2 Å². The Kier molecular flexibility index (Phi) is 2.43. The van der Waals surface area contributed by atoms with Crippen LogP contribution in [0.3, 0.4) is 0 Å². The molecular weight excluding hydrogens is 188 g/mol. The van der Waals surface area contributed by atoms with Crippen LogP contribution in [0.25, 0.3) is 5.57 Å². The Hall–Kier alpha value is -1.44. The summed E-state index contributed by atoms with van der Waals surface area (Å²) in [5.41, 5.74) is 5.30. The lowest BCUT2D eigenvalue weighted by atomic mass is 10.0. The molecule has 0 heterocycles. The van der Waals surface area contributed by atoms with Crippen molar-refractivity contribution in [2.75, 3.05) is 14.2 Å². The standard InChI is InChI=1S/C13H16O2/c1-8-5-10-6-11(14-3)7-12(15-4)13(10)9(8)2/h6-7H,5H2,1-4H3. The van der Waals surface area contributed by atoms with Crippen molar-refractivity contribution in [2.24, 2.45) is 0 Å². The number of methoxy groups -OCH3 is 2. The molecule has 0 saturated heterocycles. The number of allylic oxidation sites excluding steroid dienone is 2. The Labute approximate surface area is 90.5 Å². The molecule has 0 saturated carbocycles. The predicted octanol–water partition coefficient (Wildman–Crippen LogP) is 3.05. The first-order chi connectivity index (χ1) is 7.17. The average molecular weight is 204 g/mol. The third kappa shape index (κ3) is 1.50. The van der Waals surface area contributed by atoms with Crippen molar-refractivity contribution in [3.05, 3.63) is 28.8 Å². The van der Waals surface area contributed by atoms with E-state index in [-0.39, 0.29) is 0 Å².